The number of carboxylic acids is 1. The van der Waals surface area contributed by atoms with Crippen molar-refractivity contribution in [3.8, 4) is 0 Å². The van der Waals surface area contributed by atoms with Crippen LogP contribution in [0, 0.1) is 6.92 Å². The van der Waals surface area contributed by atoms with Gasteiger partial charge in [-0.2, -0.15) is 0 Å². The zero-order valence-corrected chi connectivity index (χ0v) is 15.5. The van der Waals surface area contributed by atoms with E-state index in [0.29, 0.717) is 11.5 Å². The number of carbonyl (C=O) groups excluding carboxylic acids is 1. The number of nitrogens with zero attached hydrogens (tertiary/aromatic N) is 3. The van der Waals surface area contributed by atoms with Gasteiger partial charge in [0.25, 0.3) is 0 Å². The monoisotopic (exact) mass is 386 g/mol. The summed E-state index contributed by atoms with van der Waals surface area (Å²) in [6.07, 6.45) is 3.16. The van der Waals surface area contributed by atoms with Crippen molar-refractivity contribution in [3.05, 3.63) is 40.9 Å². The minimum absolute atomic E-state index is 0.113. The Bertz CT molecular complexity index is 1010. The fourth-order valence-electron chi connectivity index (χ4n) is 3.43. The highest BCUT2D eigenvalue weighted by molar-refractivity contribution is 7.16. The molecule has 8 nitrogen and oxygen atoms in total. The maximum Gasteiger partial charge on any atom is 0.339 e. The lowest BCUT2D eigenvalue weighted by molar-refractivity contribution is -0.122. The van der Waals surface area contributed by atoms with Gasteiger partial charge in [0.2, 0.25) is 5.91 Å². The number of furan rings is 1. The van der Waals surface area contributed by atoms with Crippen LogP contribution >= 0.6 is 11.3 Å². The Balaban J connectivity index is 1.49. The molecular formula is C18H18N4O4S. The molecule has 1 saturated heterocycles. The number of thiophene rings is 1. The van der Waals surface area contributed by atoms with Crippen molar-refractivity contribution in [2.75, 3.05) is 11.4 Å². The first-order valence-corrected chi connectivity index (χ1v) is 9.47. The van der Waals surface area contributed by atoms with Gasteiger partial charge in [-0.3, -0.25) is 4.79 Å². The minimum atomic E-state index is -1.04. The fraction of sp³-hybridized carbons (Fsp3) is 0.333. The Morgan fingerprint density at radius 1 is 1.44 bits per heavy atom. The Morgan fingerprint density at radius 3 is 3.07 bits per heavy atom. The van der Waals surface area contributed by atoms with Crippen molar-refractivity contribution in [2.24, 2.45) is 0 Å². The number of amides is 1. The van der Waals surface area contributed by atoms with Crippen molar-refractivity contribution in [2.45, 2.75) is 32.4 Å². The van der Waals surface area contributed by atoms with Crippen LogP contribution in [0.15, 0.2) is 28.3 Å². The number of carboxylic acid groups (broad SMARTS) is 1. The highest BCUT2D eigenvalue weighted by Gasteiger charge is 2.32. The highest BCUT2D eigenvalue weighted by atomic mass is 32.1. The molecule has 9 heteroatoms. The second-order valence-electron chi connectivity index (χ2n) is 6.39. The minimum Gasteiger partial charge on any atom is -0.478 e. The quantitative estimate of drug-likeness (QED) is 0.694. The molecule has 2 N–H and O–H groups in total. The number of hydrogen-bond donors (Lipinski definition) is 2. The van der Waals surface area contributed by atoms with Gasteiger partial charge in [-0.15, -0.1) is 11.3 Å². The van der Waals surface area contributed by atoms with Gasteiger partial charge in [0, 0.05) is 6.54 Å². The molecule has 1 aliphatic heterocycles. The topological polar surface area (TPSA) is 109 Å². The van der Waals surface area contributed by atoms with E-state index in [1.54, 1.807) is 18.3 Å². The third-order valence-corrected chi connectivity index (χ3v) is 5.53. The number of carbonyl (C=O) groups is 2. The largest absolute Gasteiger partial charge is 0.478 e. The van der Waals surface area contributed by atoms with Crippen LogP contribution in [-0.2, 0) is 11.3 Å². The van der Waals surface area contributed by atoms with Gasteiger partial charge < -0.3 is 19.7 Å². The van der Waals surface area contributed by atoms with E-state index < -0.39 is 5.97 Å². The first-order chi connectivity index (χ1) is 13.0. The second-order valence-corrected chi connectivity index (χ2v) is 7.29. The van der Waals surface area contributed by atoms with Gasteiger partial charge in [0.05, 0.1) is 11.9 Å². The molecule has 1 amide bonds. The lowest BCUT2D eigenvalue weighted by atomic mass is 10.2. The summed E-state index contributed by atoms with van der Waals surface area (Å²) >= 11 is 1.54. The van der Waals surface area contributed by atoms with Crippen LogP contribution in [0.2, 0.25) is 0 Å². The summed E-state index contributed by atoms with van der Waals surface area (Å²) in [5.41, 5.74) is 0.113. The maximum atomic E-state index is 12.8. The summed E-state index contributed by atoms with van der Waals surface area (Å²) in [4.78, 5) is 35.4. The average Bonchev–Trinajstić information content (AvgIpc) is 3.38. The molecule has 0 saturated carbocycles. The van der Waals surface area contributed by atoms with Crippen molar-refractivity contribution in [1.29, 1.82) is 0 Å². The van der Waals surface area contributed by atoms with Crippen LogP contribution in [0.4, 0.5) is 5.82 Å². The van der Waals surface area contributed by atoms with Crippen molar-refractivity contribution < 1.29 is 19.1 Å². The van der Waals surface area contributed by atoms with E-state index >= 15 is 0 Å². The average molecular weight is 386 g/mol. The molecule has 4 rings (SSSR count). The van der Waals surface area contributed by atoms with Gasteiger partial charge in [-0.05, 0) is 37.3 Å². The molecule has 1 aliphatic rings. The highest BCUT2D eigenvalue weighted by Crippen LogP contribution is 2.31. The molecule has 1 fully saturated rings. The molecule has 3 aromatic heterocycles. The summed E-state index contributed by atoms with van der Waals surface area (Å²) in [6, 6.07) is 3.10. The van der Waals surface area contributed by atoms with E-state index in [4.69, 9.17) is 9.52 Å². The molecule has 1 atom stereocenters. The van der Waals surface area contributed by atoms with Crippen LogP contribution in [-0.4, -0.2) is 39.5 Å². The predicted octanol–water partition coefficient (Wildman–Crippen LogP) is 2.58. The molecular weight excluding hydrogens is 368 g/mol. The third-order valence-electron chi connectivity index (χ3n) is 4.70. The van der Waals surface area contributed by atoms with Crippen LogP contribution in [0.3, 0.4) is 0 Å². The van der Waals surface area contributed by atoms with E-state index in [9.17, 15) is 9.59 Å². The Kier molecular flexibility index (Phi) is 4.53. The van der Waals surface area contributed by atoms with E-state index in [0.717, 1.165) is 35.4 Å². The Labute approximate surface area is 158 Å². The van der Waals surface area contributed by atoms with Crippen LogP contribution in [0.25, 0.3) is 10.2 Å². The zero-order valence-electron chi connectivity index (χ0n) is 14.6. The summed E-state index contributed by atoms with van der Waals surface area (Å²) in [7, 11) is 0. The molecule has 0 spiro atoms. The van der Waals surface area contributed by atoms with Crippen molar-refractivity contribution in [3.63, 3.8) is 0 Å². The number of aromatic carboxylic acids is 1. The third kappa shape index (κ3) is 3.25. The van der Waals surface area contributed by atoms with Crippen LogP contribution in [0.1, 0.15) is 34.7 Å². The van der Waals surface area contributed by atoms with E-state index in [2.05, 4.69) is 15.3 Å². The summed E-state index contributed by atoms with van der Waals surface area (Å²) < 4.78 is 5.42. The fourth-order valence-corrected chi connectivity index (χ4v) is 4.16. The number of aromatic nitrogens is 2. The van der Waals surface area contributed by atoms with Crippen molar-refractivity contribution in [1.82, 2.24) is 15.3 Å². The number of anilines is 1. The molecule has 0 radical (unpaired) electrons. The van der Waals surface area contributed by atoms with E-state index in [1.165, 1.54) is 12.4 Å². The molecule has 140 valence electrons. The molecule has 0 bridgehead atoms. The number of hydrogen-bond acceptors (Lipinski definition) is 7. The molecule has 0 aromatic carbocycles. The predicted molar refractivity (Wildman–Crippen MR) is 100 cm³/mol. The van der Waals surface area contributed by atoms with E-state index in [1.807, 2.05) is 16.3 Å². The molecule has 27 heavy (non-hydrogen) atoms. The molecule has 3 aromatic rings. The summed E-state index contributed by atoms with van der Waals surface area (Å²) in [5, 5.41) is 14.9. The Hall–Kier alpha value is -2.94. The van der Waals surface area contributed by atoms with Gasteiger partial charge in [0.15, 0.2) is 0 Å². The lowest BCUT2D eigenvalue weighted by Gasteiger charge is -2.25. The van der Waals surface area contributed by atoms with Gasteiger partial charge in [-0.1, -0.05) is 0 Å². The maximum absolute atomic E-state index is 12.8. The van der Waals surface area contributed by atoms with Crippen LogP contribution in [0.5, 0.6) is 0 Å². The van der Waals surface area contributed by atoms with Gasteiger partial charge in [-0.25, -0.2) is 14.8 Å². The summed E-state index contributed by atoms with van der Waals surface area (Å²) in [5.74, 6) is 0.362. The number of nitrogens with one attached hydrogen (secondary N) is 1. The van der Waals surface area contributed by atoms with Crippen molar-refractivity contribution >= 4 is 39.2 Å². The normalized spacial score (nSPS) is 16.8. The van der Waals surface area contributed by atoms with Gasteiger partial charge >= 0.3 is 5.97 Å². The summed E-state index contributed by atoms with van der Waals surface area (Å²) in [6.45, 7) is 2.49. The smallest absolute Gasteiger partial charge is 0.339 e. The van der Waals surface area contributed by atoms with Gasteiger partial charge in [0.1, 0.15) is 40.1 Å². The Morgan fingerprint density at radius 2 is 2.30 bits per heavy atom. The lowest BCUT2D eigenvalue weighted by Crippen LogP contribution is -2.43. The first-order valence-electron chi connectivity index (χ1n) is 8.59. The zero-order chi connectivity index (χ0) is 19.0. The second kappa shape index (κ2) is 6.99. The SMILES string of the molecule is Cc1oc(CNC(=O)C2CCCN2c2ncnc3sccc23)cc1C(=O)O. The first kappa shape index (κ1) is 17.5. The van der Waals surface area contributed by atoms with E-state index in [-0.39, 0.29) is 24.1 Å². The molecule has 1 unspecified atom stereocenters. The molecule has 0 aliphatic carbocycles. The number of aryl methyl sites for hydroxylation is 1. The standard InChI is InChI=1S/C18H18N4O4S/c1-10-13(18(24)25)7-11(26-10)8-19-16(23)14-3-2-5-22(14)15-12-4-6-27-17(12)21-9-20-15/h4,6-7,9,14H,2-3,5,8H2,1H3,(H,19,23)(H,24,25). The molecule has 4 heterocycles. The number of fused-ring (bicyclic) bond motifs is 1. The number of rotatable bonds is 5. The van der Waals surface area contributed by atoms with Crippen LogP contribution < -0.4 is 10.2 Å².